The minimum atomic E-state index is 0.0332. The van der Waals surface area contributed by atoms with Crippen LogP contribution in [-0.4, -0.2) is 55.8 Å². The molecule has 1 N–H and O–H groups in total. The number of ether oxygens (including phenoxy) is 1. The predicted octanol–water partition coefficient (Wildman–Crippen LogP) is 4.11. The number of hydrogen-bond acceptors (Lipinski definition) is 7. The number of aryl methyl sites for hydroxylation is 1. The standard InChI is InChI=1S/C27H31N7O2/c1-5-23-21-10-29-24(30-27(35)19-8-15(19)2)9-20(21)22(11-28-23)26-31-25-7-6-18(14-34(25)32-26)33-12-16(3)36-17(4)13-33/h6-7,9-11,14-17,19H,5,8,12-13H2,1-4H3,(H,29,30,35)/t15-,16-,17+,19+/m1/s1. The Bertz CT molecular complexity index is 1460. The molecule has 0 spiro atoms. The number of morpholine rings is 1. The van der Waals surface area contributed by atoms with Crippen molar-refractivity contribution in [3.63, 3.8) is 0 Å². The third-order valence-electron chi connectivity index (χ3n) is 7.23. The minimum Gasteiger partial charge on any atom is -0.372 e. The van der Waals surface area contributed by atoms with Gasteiger partial charge in [0.15, 0.2) is 11.5 Å². The van der Waals surface area contributed by atoms with Crippen LogP contribution >= 0.6 is 0 Å². The van der Waals surface area contributed by atoms with Crippen LogP contribution in [-0.2, 0) is 16.0 Å². The van der Waals surface area contributed by atoms with Crippen LogP contribution < -0.4 is 10.2 Å². The maximum Gasteiger partial charge on any atom is 0.228 e. The molecule has 0 bridgehead atoms. The summed E-state index contributed by atoms with van der Waals surface area (Å²) >= 11 is 0. The number of amides is 1. The Kier molecular flexibility index (Phi) is 5.59. The third-order valence-corrected chi connectivity index (χ3v) is 7.23. The van der Waals surface area contributed by atoms with Crippen LogP contribution in [0.15, 0.2) is 36.8 Å². The highest BCUT2D eigenvalue weighted by Gasteiger charge is 2.39. The fourth-order valence-corrected chi connectivity index (χ4v) is 5.19. The van der Waals surface area contributed by atoms with Gasteiger partial charge in [-0.05, 0) is 50.8 Å². The van der Waals surface area contributed by atoms with Crippen molar-refractivity contribution >= 4 is 33.8 Å². The summed E-state index contributed by atoms with van der Waals surface area (Å²) in [4.78, 5) is 28.8. The Morgan fingerprint density at radius 2 is 1.89 bits per heavy atom. The van der Waals surface area contributed by atoms with Crippen molar-refractivity contribution in [2.24, 2.45) is 11.8 Å². The number of fused-ring (bicyclic) bond motifs is 2. The lowest BCUT2D eigenvalue weighted by Crippen LogP contribution is -2.45. The molecule has 0 radical (unpaired) electrons. The van der Waals surface area contributed by atoms with Crippen molar-refractivity contribution in [1.82, 2.24) is 24.6 Å². The molecule has 1 aliphatic heterocycles. The Morgan fingerprint density at radius 1 is 1.11 bits per heavy atom. The van der Waals surface area contributed by atoms with E-state index in [9.17, 15) is 4.79 Å². The Labute approximate surface area is 209 Å². The molecule has 186 valence electrons. The second-order valence-electron chi connectivity index (χ2n) is 10.2. The summed E-state index contributed by atoms with van der Waals surface area (Å²) in [5.41, 5.74) is 3.63. The zero-order valence-electron chi connectivity index (χ0n) is 21.1. The molecule has 4 aromatic heterocycles. The van der Waals surface area contributed by atoms with E-state index in [-0.39, 0.29) is 24.0 Å². The average molecular weight is 486 g/mol. The summed E-state index contributed by atoms with van der Waals surface area (Å²) in [5.74, 6) is 1.69. The van der Waals surface area contributed by atoms with Crippen molar-refractivity contribution in [2.75, 3.05) is 23.3 Å². The molecule has 2 aliphatic rings. The van der Waals surface area contributed by atoms with Gasteiger partial charge in [-0.25, -0.2) is 14.5 Å². The second-order valence-corrected chi connectivity index (χ2v) is 10.2. The number of nitrogens with zero attached hydrogens (tertiary/aromatic N) is 6. The van der Waals surface area contributed by atoms with Crippen LogP contribution in [0.4, 0.5) is 11.5 Å². The first kappa shape index (κ1) is 22.8. The van der Waals surface area contributed by atoms with Gasteiger partial charge in [-0.3, -0.25) is 9.78 Å². The quantitative estimate of drug-likeness (QED) is 0.454. The van der Waals surface area contributed by atoms with Crippen LogP contribution in [0.1, 0.15) is 39.8 Å². The van der Waals surface area contributed by atoms with Gasteiger partial charge in [0.2, 0.25) is 5.91 Å². The fourth-order valence-electron chi connectivity index (χ4n) is 5.19. The van der Waals surface area contributed by atoms with E-state index in [1.807, 2.05) is 29.0 Å². The first-order chi connectivity index (χ1) is 17.4. The molecule has 9 nitrogen and oxygen atoms in total. The lowest BCUT2D eigenvalue weighted by molar-refractivity contribution is -0.117. The number of anilines is 2. The lowest BCUT2D eigenvalue weighted by atomic mass is 10.1. The molecule has 0 aromatic carbocycles. The normalized spacial score (nSPS) is 23.8. The molecule has 2 fully saturated rings. The topological polar surface area (TPSA) is 97.5 Å². The first-order valence-electron chi connectivity index (χ1n) is 12.7. The van der Waals surface area contributed by atoms with Gasteiger partial charge in [-0.2, -0.15) is 0 Å². The number of carbonyl (C=O) groups is 1. The summed E-state index contributed by atoms with van der Waals surface area (Å²) in [5, 5.41) is 9.69. The van der Waals surface area contributed by atoms with Crippen molar-refractivity contribution in [1.29, 1.82) is 0 Å². The van der Waals surface area contributed by atoms with Gasteiger partial charge >= 0.3 is 0 Å². The summed E-state index contributed by atoms with van der Waals surface area (Å²) < 4.78 is 7.71. The van der Waals surface area contributed by atoms with E-state index in [4.69, 9.17) is 14.8 Å². The largest absolute Gasteiger partial charge is 0.372 e. The van der Waals surface area contributed by atoms with Gasteiger partial charge in [0.05, 0.1) is 24.1 Å². The number of hydrogen-bond donors (Lipinski definition) is 1. The van der Waals surface area contributed by atoms with E-state index in [2.05, 4.69) is 53.9 Å². The highest BCUT2D eigenvalue weighted by Crippen LogP contribution is 2.38. The Morgan fingerprint density at radius 3 is 2.61 bits per heavy atom. The van der Waals surface area contributed by atoms with Crippen molar-refractivity contribution < 1.29 is 9.53 Å². The molecule has 9 heteroatoms. The van der Waals surface area contributed by atoms with E-state index in [0.29, 0.717) is 17.6 Å². The van der Waals surface area contributed by atoms with Gasteiger partial charge in [0, 0.05) is 53.4 Å². The molecule has 4 aromatic rings. The first-order valence-corrected chi connectivity index (χ1v) is 12.7. The number of nitrogens with one attached hydrogen (secondary N) is 1. The third kappa shape index (κ3) is 4.17. The maximum atomic E-state index is 12.5. The van der Waals surface area contributed by atoms with Crippen LogP contribution in [0, 0.1) is 11.8 Å². The molecule has 1 aliphatic carbocycles. The zero-order chi connectivity index (χ0) is 25.0. The Balaban J connectivity index is 1.38. The molecule has 5 heterocycles. The summed E-state index contributed by atoms with van der Waals surface area (Å²) in [6.07, 6.45) is 7.72. The van der Waals surface area contributed by atoms with E-state index in [0.717, 1.165) is 59.3 Å². The van der Waals surface area contributed by atoms with E-state index in [1.165, 1.54) is 0 Å². The van der Waals surface area contributed by atoms with E-state index < -0.39 is 0 Å². The second kappa shape index (κ2) is 8.81. The summed E-state index contributed by atoms with van der Waals surface area (Å²) in [7, 11) is 0. The van der Waals surface area contributed by atoms with Gasteiger partial charge in [-0.1, -0.05) is 13.8 Å². The molecule has 1 saturated carbocycles. The van der Waals surface area contributed by atoms with Gasteiger partial charge in [-0.15, -0.1) is 5.10 Å². The van der Waals surface area contributed by atoms with Gasteiger partial charge < -0.3 is 15.0 Å². The number of carbonyl (C=O) groups excluding carboxylic acids is 1. The van der Waals surface area contributed by atoms with Crippen LogP contribution in [0.5, 0.6) is 0 Å². The van der Waals surface area contributed by atoms with Gasteiger partial charge in [0.25, 0.3) is 0 Å². The molecular formula is C27H31N7O2. The zero-order valence-corrected chi connectivity index (χ0v) is 21.1. The van der Waals surface area contributed by atoms with Crippen molar-refractivity contribution in [3.05, 3.63) is 42.5 Å². The monoisotopic (exact) mass is 485 g/mol. The number of aromatic nitrogens is 5. The predicted molar refractivity (Wildman–Crippen MR) is 139 cm³/mol. The maximum absolute atomic E-state index is 12.5. The SMILES string of the molecule is CCc1ncc(-c2nc3ccc(N4C[C@@H](C)O[C@@H](C)C4)cn3n2)c2cc(NC(=O)[C@H]3C[C@H]3C)ncc12. The summed E-state index contributed by atoms with van der Waals surface area (Å²) in [6, 6.07) is 6.01. The number of rotatable bonds is 5. The smallest absolute Gasteiger partial charge is 0.228 e. The van der Waals surface area contributed by atoms with Crippen LogP contribution in [0.25, 0.3) is 27.8 Å². The highest BCUT2D eigenvalue weighted by atomic mass is 16.5. The van der Waals surface area contributed by atoms with Crippen LogP contribution in [0.3, 0.4) is 0 Å². The van der Waals surface area contributed by atoms with Crippen molar-refractivity contribution in [2.45, 2.75) is 52.7 Å². The molecule has 4 atom stereocenters. The molecule has 1 amide bonds. The van der Waals surface area contributed by atoms with Gasteiger partial charge in [0.1, 0.15) is 5.82 Å². The van der Waals surface area contributed by atoms with E-state index >= 15 is 0 Å². The molecule has 0 unspecified atom stereocenters. The highest BCUT2D eigenvalue weighted by molar-refractivity contribution is 6.00. The molecule has 6 rings (SSSR count). The molecular weight excluding hydrogens is 454 g/mol. The van der Waals surface area contributed by atoms with Crippen molar-refractivity contribution in [3.8, 4) is 11.4 Å². The summed E-state index contributed by atoms with van der Waals surface area (Å²) in [6.45, 7) is 10.0. The molecule has 1 saturated heterocycles. The van der Waals surface area contributed by atoms with Crippen LogP contribution in [0.2, 0.25) is 0 Å². The van der Waals surface area contributed by atoms with E-state index in [1.54, 1.807) is 6.20 Å². The average Bonchev–Trinajstić information content (AvgIpc) is 3.44. The number of pyridine rings is 3. The molecule has 36 heavy (non-hydrogen) atoms. The fraction of sp³-hybridized carbons (Fsp3) is 0.444. The lowest BCUT2D eigenvalue weighted by Gasteiger charge is -2.36. The minimum absolute atomic E-state index is 0.0332. The Hall–Kier alpha value is -3.59.